The van der Waals surface area contributed by atoms with Crippen LogP contribution in [0.5, 0.6) is 0 Å². The molecule has 2 aliphatic heterocycles. The molecule has 3 aliphatic rings. The third-order valence-electron chi connectivity index (χ3n) is 6.14. The van der Waals surface area contributed by atoms with Gasteiger partial charge in [0.2, 0.25) is 0 Å². The van der Waals surface area contributed by atoms with Gasteiger partial charge in [0.25, 0.3) is 0 Å². The minimum Gasteiger partial charge on any atom is -0.443 e. The summed E-state index contributed by atoms with van der Waals surface area (Å²) in [6, 6.07) is 0. The van der Waals surface area contributed by atoms with Gasteiger partial charge < -0.3 is 15.4 Å². The van der Waals surface area contributed by atoms with Gasteiger partial charge >= 0.3 is 6.09 Å². The second-order valence-electron chi connectivity index (χ2n) is 7.78. The Labute approximate surface area is 171 Å². The molecule has 2 heterocycles. The molecule has 0 aromatic heterocycles. The van der Waals surface area contributed by atoms with Gasteiger partial charge in [-0.25, -0.2) is 4.79 Å². The number of hydrogen-bond donors (Lipinski definition) is 1. The van der Waals surface area contributed by atoms with Crippen molar-refractivity contribution in [2.45, 2.75) is 65.4 Å². The topological polar surface area (TPSA) is 58.8 Å². The summed E-state index contributed by atoms with van der Waals surface area (Å²) in [5, 5.41) is 0. The minimum atomic E-state index is -0.317. The lowest BCUT2D eigenvalue weighted by atomic mass is 9.82. The average molecular weight is 390 g/mol. The zero-order chi connectivity index (χ0) is 20.5. The molecule has 1 amide bonds. The molecule has 158 valence electrons. The molecule has 28 heavy (non-hydrogen) atoms. The number of fused-ring (bicyclic) bond motifs is 1. The minimum absolute atomic E-state index is 0.219. The first kappa shape index (κ1) is 22.5. The molecule has 3 fully saturated rings. The fraction of sp³-hybridized carbons (Fsp3) is 0.696. The maximum Gasteiger partial charge on any atom is 0.414 e. The van der Waals surface area contributed by atoms with Crippen molar-refractivity contribution in [1.29, 1.82) is 0 Å². The van der Waals surface area contributed by atoms with E-state index >= 15 is 0 Å². The van der Waals surface area contributed by atoms with E-state index in [9.17, 15) is 4.79 Å². The molecule has 3 atom stereocenters. The molecular formula is C23H39N3O2. The largest absolute Gasteiger partial charge is 0.443 e. The maximum absolute atomic E-state index is 12.0. The summed E-state index contributed by atoms with van der Waals surface area (Å²) in [6.07, 6.45) is 13.6. The lowest BCUT2D eigenvalue weighted by Gasteiger charge is -2.39. The maximum atomic E-state index is 12.0. The van der Waals surface area contributed by atoms with Crippen molar-refractivity contribution in [1.82, 2.24) is 9.80 Å². The lowest BCUT2D eigenvalue weighted by Crippen LogP contribution is -2.39. The summed E-state index contributed by atoms with van der Waals surface area (Å²) >= 11 is 0. The van der Waals surface area contributed by atoms with Gasteiger partial charge in [-0.2, -0.15) is 0 Å². The number of nitrogens with zero attached hydrogens (tertiary/aromatic N) is 2. The summed E-state index contributed by atoms with van der Waals surface area (Å²) in [7, 11) is 0. The Hall–Kier alpha value is -1.75. The second kappa shape index (κ2) is 11.3. The van der Waals surface area contributed by atoms with Crippen molar-refractivity contribution < 1.29 is 9.53 Å². The Kier molecular flexibility index (Phi) is 9.10. The van der Waals surface area contributed by atoms with E-state index in [-0.39, 0.29) is 12.2 Å². The number of amides is 1. The zero-order valence-electron chi connectivity index (χ0n) is 18.0. The summed E-state index contributed by atoms with van der Waals surface area (Å²) < 4.78 is 5.25. The average Bonchev–Trinajstić information content (AvgIpc) is 2.95. The molecule has 2 N–H and O–H groups in total. The zero-order valence-corrected chi connectivity index (χ0v) is 18.0. The molecular weight excluding hydrogens is 350 g/mol. The monoisotopic (exact) mass is 389 g/mol. The Morgan fingerprint density at radius 2 is 1.86 bits per heavy atom. The van der Waals surface area contributed by atoms with Gasteiger partial charge in [-0.1, -0.05) is 52.2 Å². The molecule has 1 aliphatic carbocycles. The standard InChI is InChI=1S/C21H33N3O2.C2H6/c1-3-19(24-15-20(13-22)26-21(24)25)10-9-16(2)23-12-11-17-7-5-4-6-8-18(17)14-23;1-2/h3,9-10,17-18,20H,2,4-8,11-15,22H2,1H3;1-2H3/b10-9-,19-3+;. The first-order chi connectivity index (χ1) is 13.6. The smallest absolute Gasteiger partial charge is 0.414 e. The number of cyclic esters (lactones) is 1. The van der Waals surface area contributed by atoms with Crippen LogP contribution in [0.1, 0.15) is 59.3 Å². The van der Waals surface area contributed by atoms with Crippen LogP contribution < -0.4 is 5.73 Å². The van der Waals surface area contributed by atoms with Gasteiger partial charge in [-0.15, -0.1) is 0 Å². The highest BCUT2D eigenvalue weighted by atomic mass is 16.6. The Morgan fingerprint density at radius 3 is 2.50 bits per heavy atom. The van der Waals surface area contributed by atoms with E-state index in [0.29, 0.717) is 13.1 Å². The molecule has 3 unspecified atom stereocenters. The predicted octanol–water partition coefficient (Wildman–Crippen LogP) is 4.67. The van der Waals surface area contributed by atoms with Crippen molar-refractivity contribution in [3.63, 3.8) is 0 Å². The number of ether oxygens (including phenoxy) is 1. The van der Waals surface area contributed by atoms with E-state index in [2.05, 4.69) is 11.5 Å². The van der Waals surface area contributed by atoms with Crippen LogP contribution in [0, 0.1) is 11.8 Å². The van der Waals surface area contributed by atoms with Crippen LogP contribution in [0.25, 0.3) is 0 Å². The lowest BCUT2D eigenvalue weighted by molar-refractivity contribution is 0.138. The molecule has 0 bridgehead atoms. The van der Waals surface area contributed by atoms with Crippen LogP contribution in [0.2, 0.25) is 0 Å². The van der Waals surface area contributed by atoms with Crippen LogP contribution in [0.15, 0.2) is 36.2 Å². The Bertz CT molecular complexity index is 584. The number of carbonyl (C=O) groups excluding carboxylic acids is 1. The molecule has 0 radical (unpaired) electrons. The van der Waals surface area contributed by atoms with Gasteiger partial charge in [-0.3, -0.25) is 4.90 Å². The van der Waals surface area contributed by atoms with E-state index in [4.69, 9.17) is 10.5 Å². The molecule has 0 aromatic rings. The van der Waals surface area contributed by atoms with Crippen molar-refractivity contribution in [3.8, 4) is 0 Å². The van der Waals surface area contributed by atoms with Gasteiger partial charge in [0, 0.05) is 31.0 Å². The Balaban J connectivity index is 0.00000136. The highest BCUT2D eigenvalue weighted by Crippen LogP contribution is 2.36. The highest BCUT2D eigenvalue weighted by Gasteiger charge is 2.32. The summed E-state index contributed by atoms with van der Waals surface area (Å²) in [5.74, 6) is 1.72. The molecule has 0 aromatic carbocycles. The summed E-state index contributed by atoms with van der Waals surface area (Å²) in [5.41, 5.74) is 7.50. The van der Waals surface area contributed by atoms with Crippen LogP contribution in [-0.4, -0.2) is 48.2 Å². The first-order valence-electron chi connectivity index (χ1n) is 11.1. The van der Waals surface area contributed by atoms with E-state index in [1.165, 1.54) is 38.5 Å². The van der Waals surface area contributed by atoms with Gasteiger partial charge in [0.1, 0.15) is 6.10 Å². The van der Waals surface area contributed by atoms with E-state index in [0.717, 1.165) is 36.3 Å². The van der Waals surface area contributed by atoms with Crippen LogP contribution >= 0.6 is 0 Å². The Morgan fingerprint density at radius 1 is 1.14 bits per heavy atom. The van der Waals surface area contributed by atoms with E-state index in [1.54, 1.807) is 4.90 Å². The molecule has 3 rings (SSSR count). The molecule has 2 saturated heterocycles. The SMILES string of the molecule is C=C(/C=C\C(=C/C)N1CC(CN)OC1=O)N1CCC2CCCCCC2C1.CC. The summed E-state index contributed by atoms with van der Waals surface area (Å²) in [4.78, 5) is 16.1. The number of carbonyl (C=O) groups is 1. The second-order valence-corrected chi connectivity index (χ2v) is 7.78. The van der Waals surface area contributed by atoms with Crippen LogP contribution in [0.4, 0.5) is 4.79 Å². The number of likely N-dealkylation sites (tertiary alicyclic amines) is 1. The van der Waals surface area contributed by atoms with Crippen LogP contribution in [-0.2, 0) is 4.74 Å². The number of hydrogen-bond acceptors (Lipinski definition) is 4. The quantitative estimate of drug-likeness (QED) is 0.694. The van der Waals surface area contributed by atoms with Crippen molar-refractivity contribution in [3.05, 3.63) is 36.2 Å². The molecule has 0 spiro atoms. The molecule has 5 heteroatoms. The third-order valence-corrected chi connectivity index (χ3v) is 6.14. The van der Waals surface area contributed by atoms with Crippen molar-refractivity contribution in [2.24, 2.45) is 17.6 Å². The van der Waals surface area contributed by atoms with Gasteiger partial charge in [0.15, 0.2) is 0 Å². The van der Waals surface area contributed by atoms with Gasteiger partial charge in [-0.05, 0) is 43.8 Å². The fourth-order valence-electron chi connectivity index (χ4n) is 4.52. The fourth-order valence-corrected chi connectivity index (χ4v) is 4.52. The number of nitrogens with two attached hydrogens (primary N) is 1. The van der Waals surface area contributed by atoms with Crippen LogP contribution in [0.3, 0.4) is 0 Å². The van der Waals surface area contributed by atoms with E-state index in [1.807, 2.05) is 39.0 Å². The molecule has 1 saturated carbocycles. The molecule has 5 nitrogen and oxygen atoms in total. The van der Waals surface area contributed by atoms with Crippen molar-refractivity contribution in [2.75, 3.05) is 26.2 Å². The number of allylic oxidation sites excluding steroid dienone is 3. The number of rotatable bonds is 5. The predicted molar refractivity (Wildman–Crippen MR) is 116 cm³/mol. The summed E-state index contributed by atoms with van der Waals surface area (Å²) in [6.45, 7) is 13.3. The normalized spacial score (nSPS) is 28.4. The van der Waals surface area contributed by atoms with E-state index < -0.39 is 0 Å². The third kappa shape index (κ3) is 5.63. The van der Waals surface area contributed by atoms with Gasteiger partial charge in [0.05, 0.1) is 6.54 Å². The first-order valence-corrected chi connectivity index (χ1v) is 11.1. The number of piperidine rings is 1. The van der Waals surface area contributed by atoms with Crippen molar-refractivity contribution >= 4 is 6.09 Å². The highest BCUT2D eigenvalue weighted by molar-refractivity contribution is 5.73.